The summed E-state index contributed by atoms with van der Waals surface area (Å²) in [6.45, 7) is 10.7. The highest BCUT2D eigenvalue weighted by atomic mass is 16.5. The third-order valence-electron chi connectivity index (χ3n) is 4.10. The number of hydrogen-bond donors (Lipinski definition) is 1. The highest BCUT2D eigenvalue weighted by Crippen LogP contribution is 2.29. The number of ether oxygens (including phenoxy) is 1. The molecule has 1 N–H and O–H groups in total. The molecular weight excluding hydrogens is 298 g/mol. The molecule has 2 aromatic rings. The lowest BCUT2D eigenvalue weighted by Crippen LogP contribution is -2.14. The van der Waals surface area contributed by atoms with Crippen molar-refractivity contribution in [3.8, 4) is 5.75 Å². The molecule has 0 aromatic heterocycles. The van der Waals surface area contributed by atoms with Crippen LogP contribution < -0.4 is 10.1 Å². The first-order chi connectivity index (χ1) is 11.4. The maximum Gasteiger partial charge on any atom is 0.224 e. The first kappa shape index (κ1) is 18.1. The zero-order valence-electron chi connectivity index (χ0n) is 15.3. The maximum absolute atomic E-state index is 11.9. The second-order valence-electron chi connectivity index (χ2n) is 6.50. The SMILES string of the molecule is CCC(=O)Nc1c(COc2ccc(C)cc2C)cccc1C(C)C. The molecule has 24 heavy (non-hydrogen) atoms. The van der Waals surface area contributed by atoms with Crippen LogP contribution in [0, 0.1) is 13.8 Å². The van der Waals surface area contributed by atoms with Crippen molar-refractivity contribution in [3.05, 3.63) is 58.7 Å². The molecule has 0 fully saturated rings. The van der Waals surface area contributed by atoms with Crippen molar-refractivity contribution < 1.29 is 9.53 Å². The molecule has 0 heterocycles. The van der Waals surface area contributed by atoms with Gasteiger partial charge in [0.2, 0.25) is 5.91 Å². The molecule has 3 nitrogen and oxygen atoms in total. The fourth-order valence-corrected chi connectivity index (χ4v) is 2.72. The van der Waals surface area contributed by atoms with Crippen LogP contribution in [0.1, 0.15) is 55.4 Å². The summed E-state index contributed by atoms with van der Waals surface area (Å²) in [7, 11) is 0. The van der Waals surface area contributed by atoms with Gasteiger partial charge in [-0.3, -0.25) is 4.79 Å². The summed E-state index contributed by atoms with van der Waals surface area (Å²) in [6, 6.07) is 12.3. The van der Waals surface area contributed by atoms with Gasteiger partial charge in [-0.15, -0.1) is 0 Å². The second kappa shape index (κ2) is 8.00. The van der Waals surface area contributed by atoms with E-state index in [1.165, 1.54) is 5.56 Å². The monoisotopic (exact) mass is 325 g/mol. The number of amides is 1. The minimum absolute atomic E-state index is 0.0240. The number of carbonyl (C=O) groups is 1. The van der Waals surface area contributed by atoms with E-state index in [1.54, 1.807) is 0 Å². The Labute approximate surface area is 145 Å². The molecule has 0 unspecified atom stereocenters. The summed E-state index contributed by atoms with van der Waals surface area (Å²) < 4.78 is 6.02. The molecule has 0 aliphatic carbocycles. The van der Waals surface area contributed by atoms with Crippen molar-refractivity contribution in [3.63, 3.8) is 0 Å². The van der Waals surface area contributed by atoms with Crippen molar-refractivity contribution in [1.82, 2.24) is 0 Å². The highest BCUT2D eigenvalue weighted by molar-refractivity contribution is 5.92. The van der Waals surface area contributed by atoms with Gasteiger partial charge in [0.1, 0.15) is 12.4 Å². The van der Waals surface area contributed by atoms with Gasteiger partial charge in [0, 0.05) is 12.0 Å². The van der Waals surface area contributed by atoms with Crippen molar-refractivity contribution in [1.29, 1.82) is 0 Å². The van der Waals surface area contributed by atoms with Crippen LogP contribution in [0.4, 0.5) is 5.69 Å². The zero-order valence-corrected chi connectivity index (χ0v) is 15.3. The summed E-state index contributed by atoms with van der Waals surface area (Å²) in [6.07, 6.45) is 0.462. The Balaban J connectivity index is 2.28. The van der Waals surface area contributed by atoms with Gasteiger partial charge in [0.15, 0.2) is 0 Å². The lowest BCUT2D eigenvalue weighted by molar-refractivity contribution is -0.115. The van der Waals surface area contributed by atoms with E-state index in [0.29, 0.717) is 18.9 Å². The van der Waals surface area contributed by atoms with Gasteiger partial charge in [0.05, 0.1) is 5.69 Å². The topological polar surface area (TPSA) is 38.3 Å². The molecule has 0 radical (unpaired) electrons. The van der Waals surface area contributed by atoms with E-state index in [2.05, 4.69) is 38.2 Å². The smallest absolute Gasteiger partial charge is 0.224 e. The number of aryl methyl sites for hydroxylation is 2. The quantitative estimate of drug-likeness (QED) is 0.777. The van der Waals surface area contributed by atoms with Crippen molar-refractivity contribution in [2.24, 2.45) is 0 Å². The van der Waals surface area contributed by atoms with E-state index in [-0.39, 0.29) is 5.91 Å². The molecule has 0 saturated carbocycles. The first-order valence-corrected chi connectivity index (χ1v) is 8.54. The second-order valence-corrected chi connectivity index (χ2v) is 6.50. The number of benzene rings is 2. The average molecular weight is 325 g/mol. The summed E-state index contributed by atoms with van der Waals surface area (Å²) >= 11 is 0. The zero-order chi connectivity index (χ0) is 17.7. The summed E-state index contributed by atoms with van der Waals surface area (Å²) in [5.74, 6) is 1.23. The molecule has 0 aliphatic heterocycles. The molecule has 128 valence electrons. The molecule has 0 aliphatic rings. The molecule has 0 saturated heterocycles. The predicted octanol–water partition coefficient (Wildman–Crippen LogP) is 5.35. The largest absolute Gasteiger partial charge is 0.489 e. The molecule has 0 bridgehead atoms. The number of para-hydroxylation sites is 1. The van der Waals surface area contributed by atoms with Gasteiger partial charge in [-0.25, -0.2) is 0 Å². The summed E-state index contributed by atoms with van der Waals surface area (Å²) in [5.41, 5.74) is 5.37. The van der Waals surface area contributed by atoms with E-state index in [0.717, 1.165) is 28.1 Å². The van der Waals surface area contributed by atoms with E-state index in [9.17, 15) is 4.79 Å². The van der Waals surface area contributed by atoms with E-state index in [4.69, 9.17) is 4.74 Å². The van der Waals surface area contributed by atoms with Crippen LogP contribution in [0.25, 0.3) is 0 Å². The fraction of sp³-hybridized carbons (Fsp3) is 0.381. The van der Waals surface area contributed by atoms with Gasteiger partial charge in [-0.1, -0.05) is 56.7 Å². The van der Waals surface area contributed by atoms with Gasteiger partial charge in [-0.2, -0.15) is 0 Å². The Bertz CT molecular complexity index is 720. The minimum atomic E-state index is 0.0240. The van der Waals surface area contributed by atoms with Crippen LogP contribution in [0.15, 0.2) is 36.4 Å². The van der Waals surface area contributed by atoms with Gasteiger partial charge >= 0.3 is 0 Å². The molecule has 0 spiro atoms. The van der Waals surface area contributed by atoms with Crippen molar-refractivity contribution >= 4 is 11.6 Å². The average Bonchev–Trinajstić information content (AvgIpc) is 2.54. The van der Waals surface area contributed by atoms with E-state index < -0.39 is 0 Å². The third kappa shape index (κ3) is 4.38. The van der Waals surface area contributed by atoms with Crippen LogP contribution in [-0.2, 0) is 11.4 Å². The predicted molar refractivity (Wildman–Crippen MR) is 99.7 cm³/mol. The standard InChI is InChI=1S/C21H27NO2/c1-6-20(23)22-21-17(8-7-9-18(21)14(2)3)13-24-19-11-10-15(4)12-16(19)5/h7-12,14H,6,13H2,1-5H3,(H,22,23). The van der Waals surface area contributed by atoms with Gasteiger partial charge in [0.25, 0.3) is 0 Å². The Morgan fingerprint density at radius 3 is 2.54 bits per heavy atom. The van der Waals surface area contributed by atoms with Gasteiger partial charge in [-0.05, 0) is 37.0 Å². The number of anilines is 1. The van der Waals surface area contributed by atoms with E-state index >= 15 is 0 Å². The molecule has 3 heteroatoms. The number of carbonyl (C=O) groups excluding carboxylic acids is 1. The summed E-state index contributed by atoms with van der Waals surface area (Å²) in [5, 5.41) is 3.05. The minimum Gasteiger partial charge on any atom is -0.489 e. The molecule has 1 amide bonds. The number of rotatable bonds is 6. The maximum atomic E-state index is 11.9. The van der Waals surface area contributed by atoms with Crippen LogP contribution in [-0.4, -0.2) is 5.91 Å². The van der Waals surface area contributed by atoms with Crippen LogP contribution in [0.3, 0.4) is 0 Å². The van der Waals surface area contributed by atoms with Crippen LogP contribution >= 0.6 is 0 Å². The summed E-state index contributed by atoms with van der Waals surface area (Å²) in [4.78, 5) is 11.9. The number of nitrogens with one attached hydrogen (secondary N) is 1. The van der Waals surface area contributed by atoms with Crippen LogP contribution in [0.5, 0.6) is 5.75 Å². The van der Waals surface area contributed by atoms with Crippen molar-refractivity contribution in [2.75, 3.05) is 5.32 Å². The Morgan fingerprint density at radius 2 is 1.92 bits per heavy atom. The lowest BCUT2D eigenvalue weighted by atomic mass is 9.97. The molecule has 2 aromatic carbocycles. The Kier molecular flexibility index (Phi) is 6.02. The first-order valence-electron chi connectivity index (χ1n) is 8.54. The number of hydrogen-bond acceptors (Lipinski definition) is 2. The molecular formula is C21H27NO2. The molecule has 0 atom stereocenters. The van der Waals surface area contributed by atoms with E-state index in [1.807, 2.05) is 38.1 Å². The molecule has 2 rings (SSSR count). The van der Waals surface area contributed by atoms with Crippen LogP contribution in [0.2, 0.25) is 0 Å². The van der Waals surface area contributed by atoms with Crippen molar-refractivity contribution in [2.45, 2.75) is 53.6 Å². The lowest BCUT2D eigenvalue weighted by Gasteiger charge is -2.19. The Hall–Kier alpha value is -2.29. The third-order valence-corrected chi connectivity index (χ3v) is 4.10. The Morgan fingerprint density at radius 1 is 1.17 bits per heavy atom. The van der Waals surface area contributed by atoms with Gasteiger partial charge < -0.3 is 10.1 Å². The highest BCUT2D eigenvalue weighted by Gasteiger charge is 2.14. The fourth-order valence-electron chi connectivity index (χ4n) is 2.72. The normalized spacial score (nSPS) is 10.8.